The van der Waals surface area contributed by atoms with Gasteiger partial charge in [-0.05, 0) is 55.7 Å². The molecular formula is C22H27N3O4S. The summed E-state index contributed by atoms with van der Waals surface area (Å²) in [6.45, 7) is 6.21. The van der Waals surface area contributed by atoms with Crippen molar-refractivity contribution in [1.82, 2.24) is 5.32 Å². The lowest BCUT2D eigenvalue weighted by Crippen LogP contribution is -2.32. The molecule has 2 aromatic rings. The first-order valence-corrected chi connectivity index (χ1v) is 11.6. The van der Waals surface area contributed by atoms with E-state index in [4.69, 9.17) is 0 Å². The summed E-state index contributed by atoms with van der Waals surface area (Å²) in [7, 11) is -3.90. The van der Waals surface area contributed by atoms with Crippen molar-refractivity contribution in [2.24, 2.45) is 0 Å². The van der Waals surface area contributed by atoms with E-state index in [0.717, 1.165) is 17.7 Å². The van der Waals surface area contributed by atoms with Gasteiger partial charge >= 0.3 is 0 Å². The van der Waals surface area contributed by atoms with Gasteiger partial charge in [0, 0.05) is 24.7 Å². The lowest BCUT2D eigenvalue weighted by Gasteiger charge is -2.17. The molecule has 1 aliphatic heterocycles. The SMILES string of the molecule is CCC(=O)N1CCc2cc(S(=O)(=O)Nc3ccccc3C(=O)NC(C)CC)ccc21. The minimum atomic E-state index is -3.90. The van der Waals surface area contributed by atoms with Crippen LogP contribution >= 0.6 is 0 Å². The van der Waals surface area contributed by atoms with Gasteiger partial charge in [0.05, 0.1) is 16.1 Å². The summed E-state index contributed by atoms with van der Waals surface area (Å²) in [5.74, 6) is -0.311. The number of sulfonamides is 1. The summed E-state index contributed by atoms with van der Waals surface area (Å²) < 4.78 is 28.5. The van der Waals surface area contributed by atoms with Gasteiger partial charge in [-0.3, -0.25) is 14.3 Å². The second-order valence-corrected chi connectivity index (χ2v) is 9.06. The van der Waals surface area contributed by atoms with Crippen LogP contribution in [0.2, 0.25) is 0 Å². The van der Waals surface area contributed by atoms with E-state index in [1.807, 2.05) is 13.8 Å². The zero-order chi connectivity index (χ0) is 21.9. The van der Waals surface area contributed by atoms with Crippen LogP contribution < -0.4 is 14.9 Å². The maximum atomic E-state index is 13.0. The van der Waals surface area contributed by atoms with Crippen molar-refractivity contribution in [3.8, 4) is 0 Å². The summed E-state index contributed by atoms with van der Waals surface area (Å²) in [6.07, 6.45) is 1.78. The molecule has 1 heterocycles. The molecule has 8 heteroatoms. The number of carbonyl (C=O) groups excluding carboxylic acids is 2. The number of nitrogens with zero attached hydrogens (tertiary/aromatic N) is 1. The Morgan fingerprint density at radius 2 is 1.87 bits per heavy atom. The second kappa shape index (κ2) is 8.87. The molecule has 1 unspecified atom stereocenters. The summed E-state index contributed by atoms with van der Waals surface area (Å²) >= 11 is 0. The predicted molar refractivity (Wildman–Crippen MR) is 117 cm³/mol. The van der Waals surface area contributed by atoms with Crippen molar-refractivity contribution in [3.63, 3.8) is 0 Å². The number of amides is 2. The number of anilines is 2. The van der Waals surface area contributed by atoms with Crippen LogP contribution in [0.4, 0.5) is 11.4 Å². The molecule has 0 spiro atoms. The first-order valence-electron chi connectivity index (χ1n) is 10.1. The Morgan fingerprint density at radius 3 is 2.57 bits per heavy atom. The van der Waals surface area contributed by atoms with Gasteiger partial charge in [-0.15, -0.1) is 0 Å². The van der Waals surface area contributed by atoms with Gasteiger partial charge in [0.15, 0.2) is 0 Å². The molecule has 7 nitrogen and oxygen atoms in total. The molecule has 2 amide bonds. The molecule has 0 saturated heterocycles. The van der Waals surface area contributed by atoms with E-state index in [2.05, 4.69) is 10.0 Å². The molecule has 2 N–H and O–H groups in total. The summed E-state index contributed by atoms with van der Waals surface area (Å²) in [5, 5.41) is 2.86. The number of nitrogens with one attached hydrogen (secondary N) is 2. The number of fused-ring (bicyclic) bond motifs is 1. The zero-order valence-electron chi connectivity index (χ0n) is 17.4. The highest BCUT2D eigenvalue weighted by Gasteiger charge is 2.26. The largest absolute Gasteiger partial charge is 0.350 e. The molecule has 0 fully saturated rings. The van der Waals surface area contributed by atoms with Crippen LogP contribution in [-0.4, -0.2) is 32.8 Å². The van der Waals surface area contributed by atoms with Crippen LogP contribution in [0, 0.1) is 0 Å². The Labute approximate surface area is 177 Å². The van der Waals surface area contributed by atoms with E-state index < -0.39 is 10.0 Å². The van der Waals surface area contributed by atoms with E-state index >= 15 is 0 Å². The van der Waals surface area contributed by atoms with Crippen molar-refractivity contribution in [3.05, 3.63) is 53.6 Å². The van der Waals surface area contributed by atoms with E-state index in [9.17, 15) is 18.0 Å². The van der Waals surface area contributed by atoms with Crippen LogP contribution in [0.3, 0.4) is 0 Å². The van der Waals surface area contributed by atoms with Crippen molar-refractivity contribution >= 4 is 33.2 Å². The fourth-order valence-corrected chi connectivity index (χ4v) is 4.50. The molecule has 160 valence electrons. The number of hydrogen-bond acceptors (Lipinski definition) is 4. The molecule has 0 radical (unpaired) electrons. The number of para-hydroxylation sites is 1. The van der Waals surface area contributed by atoms with Crippen molar-refractivity contribution < 1.29 is 18.0 Å². The molecule has 0 bridgehead atoms. The van der Waals surface area contributed by atoms with Crippen LogP contribution in [0.15, 0.2) is 47.4 Å². The van der Waals surface area contributed by atoms with E-state index in [1.165, 1.54) is 6.07 Å². The summed E-state index contributed by atoms with van der Waals surface area (Å²) in [6, 6.07) is 11.3. The Bertz CT molecular complexity index is 1070. The average Bonchev–Trinajstić information content (AvgIpc) is 3.16. The molecule has 2 aromatic carbocycles. The Morgan fingerprint density at radius 1 is 1.13 bits per heavy atom. The predicted octanol–water partition coefficient (Wildman–Crippen LogP) is 3.31. The number of benzene rings is 2. The van der Waals surface area contributed by atoms with Gasteiger partial charge < -0.3 is 10.2 Å². The quantitative estimate of drug-likeness (QED) is 0.706. The van der Waals surface area contributed by atoms with Gasteiger partial charge in [0.2, 0.25) is 5.91 Å². The molecular weight excluding hydrogens is 402 g/mol. The van der Waals surface area contributed by atoms with Gasteiger partial charge in [-0.2, -0.15) is 0 Å². The first-order chi connectivity index (χ1) is 14.3. The lowest BCUT2D eigenvalue weighted by molar-refractivity contribution is -0.118. The summed E-state index contributed by atoms with van der Waals surface area (Å²) in [4.78, 5) is 26.4. The van der Waals surface area contributed by atoms with Crippen molar-refractivity contribution in [2.45, 2.75) is 51.0 Å². The molecule has 0 saturated carbocycles. The van der Waals surface area contributed by atoms with Gasteiger partial charge in [0.25, 0.3) is 15.9 Å². The highest BCUT2D eigenvalue weighted by Crippen LogP contribution is 2.31. The van der Waals surface area contributed by atoms with Crippen LogP contribution in [0.25, 0.3) is 0 Å². The smallest absolute Gasteiger partial charge is 0.261 e. The minimum absolute atomic E-state index is 0.0173. The minimum Gasteiger partial charge on any atom is -0.350 e. The van der Waals surface area contributed by atoms with E-state index in [1.54, 1.807) is 48.2 Å². The molecule has 3 rings (SSSR count). The van der Waals surface area contributed by atoms with Crippen LogP contribution in [-0.2, 0) is 21.2 Å². The standard InChI is InChI=1S/C22H27N3O4S/c1-4-15(3)23-22(27)18-8-6-7-9-19(18)24-30(28,29)17-10-11-20-16(14-17)12-13-25(20)21(26)5-2/h6-11,14-15,24H,4-5,12-13H2,1-3H3,(H,23,27). The zero-order valence-corrected chi connectivity index (χ0v) is 18.3. The monoisotopic (exact) mass is 429 g/mol. The van der Waals surface area contributed by atoms with Gasteiger partial charge in [-0.25, -0.2) is 8.42 Å². The fourth-order valence-electron chi connectivity index (χ4n) is 3.37. The number of hydrogen-bond donors (Lipinski definition) is 2. The normalized spacial score (nSPS) is 14.2. The number of rotatable bonds is 7. The maximum Gasteiger partial charge on any atom is 0.261 e. The van der Waals surface area contributed by atoms with Gasteiger partial charge in [-0.1, -0.05) is 26.0 Å². The Hall–Kier alpha value is -2.87. The van der Waals surface area contributed by atoms with Crippen molar-refractivity contribution in [2.75, 3.05) is 16.2 Å². The first kappa shape index (κ1) is 21.8. The topological polar surface area (TPSA) is 95.6 Å². The molecule has 0 aromatic heterocycles. The van der Waals surface area contributed by atoms with Crippen molar-refractivity contribution in [1.29, 1.82) is 0 Å². The van der Waals surface area contributed by atoms with Crippen LogP contribution in [0.1, 0.15) is 49.5 Å². The summed E-state index contributed by atoms with van der Waals surface area (Å²) in [5.41, 5.74) is 2.07. The third-order valence-corrected chi connectivity index (χ3v) is 6.63. The third-order valence-electron chi connectivity index (χ3n) is 5.27. The van der Waals surface area contributed by atoms with Gasteiger partial charge in [0.1, 0.15) is 0 Å². The van der Waals surface area contributed by atoms with E-state index in [-0.39, 0.29) is 34.0 Å². The van der Waals surface area contributed by atoms with E-state index in [0.29, 0.717) is 19.4 Å². The maximum absolute atomic E-state index is 13.0. The molecule has 30 heavy (non-hydrogen) atoms. The number of carbonyl (C=O) groups is 2. The fraction of sp³-hybridized carbons (Fsp3) is 0.364. The third kappa shape index (κ3) is 4.48. The van der Waals surface area contributed by atoms with Crippen LogP contribution in [0.5, 0.6) is 0 Å². The molecule has 1 aliphatic rings. The Kier molecular flexibility index (Phi) is 6.45. The second-order valence-electron chi connectivity index (χ2n) is 7.37. The molecule has 1 atom stereocenters. The lowest BCUT2D eigenvalue weighted by atomic mass is 10.1. The Balaban J connectivity index is 1.87. The highest BCUT2D eigenvalue weighted by atomic mass is 32.2. The molecule has 0 aliphatic carbocycles. The highest BCUT2D eigenvalue weighted by molar-refractivity contribution is 7.92. The average molecular weight is 430 g/mol.